The first-order chi connectivity index (χ1) is 15.1. The summed E-state index contributed by atoms with van der Waals surface area (Å²) in [5.41, 5.74) is 11.5. The molecule has 3 aromatic carbocycles. The molecule has 0 bridgehead atoms. The summed E-state index contributed by atoms with van der Waals surface area (Å²) < 4.78 is 1.90. The van der Waals surface area contributed by atoms with Crippen molar-refractivity contribution in [1.29, 1.82) is 0 Å². The molecule has 1 aliphatic heterocycles. The van der Waals surface area contributed by atoms with Gasteiger partial charge in [0.25, 0.3) is 5.91 Å². The Morgan fingerprint density at radius 3 is 2.10 bits per heavy atom. The topological polar surface area (TPSA) is 64.2 Å². The standard InChI is InChI=1S/C26H24N4O/c1-18(27)17-29-24(19-11-5-2-6-12-19)22-23(26(29)31)28-30(21-15-9-4-10-16-21)25(22)20-13-7-3-8-14-20/h2-16,18,24H,17,27H2,1H3. The maximum Gasteiger partial charge on any atom is 0.275 e. The number of rotatable bonds is 5. The van der Waals surface area contributed by atoms with E-state index in [2.05, 4.69) is 24.3 Å². The smallest absolute Gasteiger partial charge is 0.275 e. The van der Waals surface area contributed by atoms with Crippen LogP contribution in [0.3, 0.4) is 0 Å². The van der Waals surface area contributed by atoms with Gasteiger partial charge in [-0.15, -0.1) is 0 Å². The molecule has 0 radical (unpaired) electrons. The molecule has 2 heterocycles. The Bertz CT molecular complexity index is 1200. The Hall–Kier alpha value is -3.70. The first kappa shape index (κ1) is 19.3. The Labute approximate surface area is 181 Å². The number of nitrogens with two attached hydrogens (primary N) is 1. The number of fused-ring (bicyclic) bond motifs is 1. The first-order valence-electron chi connectivity index (χ1n) is 10.5. The zero-order valence-electron chi connectivity index (χ0n) is 17.3. The summed E-state index contributed by atoms with van der Waals surface area (Å²) in [4.78, 5) is 15.4. The van der Waals surface area contributed by atoms with E-state index in [1.54, 1.807) is 0 Å². The van der Waals surface area contributed by atoms with E-state index in [0.29, 0.717) is 12.2 Å². The second kappa shape index (κ2) is 7.85. The third-order valence-corrected chi connectivity index (χ3v) is 5.62. The molecule has 1 aliphatic rings. The lowest BCUT2D eigenvalue weighted by Crippen LogP contribution is -2.39. The van der Waals surface area contributed by atoms with Crippen molar-refractivity contribution in [3.05, 3.63) is 108 Å². The molecule has 5 rings (SSSR count). The zero-order chi connectivity index (χ0) is 21.4. The van der Waals surface area contributed by atoms with Gasteiger partial charge in [-0.3, -0.25) is 4.79 Å². The minimum Gasteiger partial charge on any atom is -0.326 e. The molecule has 2 N–H and O–H groups in total. The maximum absolute atomic E-state index is 13.5. The van der Waals surface area contributed by atoms with Gasteiger partial charge in [0.1, 0.15) is 0 Å². The number of aromatic nitrogens is 2. The maximum atomic E-state index is 13.5. The average molecular weight is 409 g/mol. The van der Waals surface area contributed by atoms with Gasteiger partial charge in [-0.1, -0.05) is 78.9 Å². The predicted octanol–water partition coefficient (Wildman–Crippen LogP) is 4.43. The number of para-hydroxylation sites is 1. The van der Waals surface area contributed by atoms with Crippen molar-refractivity contribution in [1.82, 2.24) is 14.7 Å². The summed E-state index contributed by atoms with van der Waals surface area (Å²) in [7, 11) is 0. The third kappa shape index (κ3) is 3.33. The van der Waals surface area contributed by atoms with Gasteiger partial charge in [-0.25, -0.2) is 4.68 Å². The lowest BCUT2D eigenvalue weighted by molar-refractivity contribution is 0.0734. The molecular weight excluding hydrogens is 384 g/mol. The van der Waals surface area contributed by atoms with E-state index in [4.69, 9.17) is 10.8 Å². The summed E-state index contributed by atoms with van der Waals surface area (Å²) in [5, 5.41) is 4.84. The normalized spacial score (nSPS) is 16.4. The monoisotopic (exact) mass is 408 g/mol. The number of carbonyl (C=O) groups excluding carboxylic acids is 1. The summed E-state index contributed by atoms with van der Waals surface area (Å²) in [6.45, 7) is 2.39. The van der Waals surface area contributed by atoms with Crippen molar-refractivity contribution >= 4 is 5.91 Å². The molecule has 1 amide bonds. The van der Waals surface area contributed by atoms with Crippen LogP contribution in [0.15, 0.2) is 91.0 Å². The van der Waals surface area contributed by atoms with E-state index in [0.717, 1.165) is 28.1 Å². The number of nitrogens with zero attached hydrogens (tertiary/aromatic N) is 3. The van der Waals surface area contributed by atoms with Gasteiger partial charge in [-0.05, 0) is 24.6 Å². The lowest BCUT2D eigenvalue weighted by Gasteiger charge is -2.28. The second-order valence-corrected chi connectivity index (χ2v) is 7.97. The van der Waals surface area contributed by atoms with Crippen LogP contribution < -0.4 is 5.73 Å². The molecule has 2 atom stereocenters. The van der Waals surface area contributed by atoms with Crippen LogP contribution in [0.5, 0.6) is 0 Å². The molecule has 1 aromatic heterocycles. The van der Waals surface area contributed by atoms with Crippen molar-refractivity contribution in [3.63, 3.8) is 0 Å². The molecule has 4 aromatic rings. The SMILES string of the molecule is CC(N)CN1C(=O)c2nn(-c3ccccc3)c(-c3ccccc3)c2C1c1ccccc1. The highest BCUT2D eigenvalue weighted by atomic mass is 16.2. The molecule has 2 unspecified atom stereocenters. The minimum atomic E-state index is -0.234. The Kier molecular flexibility index (Phi) is 4.88. The van der Waals surface area contributed by atoms with Gasteiger partial charge in [0.2, 0.25) is 0 Å². The molecule has 5 heteroatoms. The molecule has 0 spiro atoms. The van der Waals surface area contributed by atoms with Crippen LogP contribution >= 0.6 is 0 Å². The van der Waals surface area contributed by atoms with Gasteiger partial charge in [0.15, 0.2) is 5.69 Å². The van der Waals surface area contributed by atoms with Crippen LogP contribution in [0.2, 0.25) is 0 Å². The molecule has 0 saturated heterocycles. The van der Waals surface area contributed by atoms with Crippen molar-refractivity contribution in [2.45, 2.75) is 19.0 Å². The highest BCUT2D eigenvalue weighted by Crippen LogP contribution is 2.44. The van der Waals surface area contributed by atoms with Crippen LogP contribution in [0.25, 0.3) is 16.9 Å². The van der Waals surface area contributed by atoms with Crippen LogP contribution in [-0.2, 0) is 0 Å². The number of carbonyl (C=O) groups is 1. The van der Waals surface area contributed by atoms with Crippen LogP contribution in [0, 0.1) is 0 Å². The Morgan fingerprint density at radius 1 is 0.903 bits per heavy atom. The van der Waals surface area contributed by atoms with Crippen molar-refractivity contribution < 1.29 is 4.79 Å². The number of hydrogen-bond acceptors (Lipinski definition) is 3. The minimum absolute atomic E-state index is 0.0759. The molecule has 154 valence electrons. The van der Waals surface area contributed by atoms with E-state index in [-0.39, 0.29) is 18.0 Å². The van der Waals surface area contributed by atoms with E-state index in [1.165, 1.54) is 0 Å². The summed E-state index contributed by atoms with van der Waals surface area (Å²) in [6, 6.07) is 29.9. The molecule has 0 fully saturated rings. The van der Waals surface area contributed by atoms with Crippen LogP contribution in [0.1, 0.15) is 34.6 Å². The molecule has 0 aliphatic carbocycles. The van der Waals surface area contributed by atoms with Gasteiger partial charge in [0, 0.05) is 23.7 Å². The van der Waals surface area contributed by atoms with E-state index < -0.39 is 0 Å². The van der Waals surface area contributed by atoms with E-state index in [9.17, 15) is 4.79 Å². The number of amides is 1. The number of hydrogen-bond donors (Lipinski definition) is 1. The van der Waals surface area contributed by atoms with Gasteiger partial charge >= 0.3 is 0 Å². The molecular formula is C26H24N4O. The molecule has 31 heavy (non-hydrogen) atoms. The van der Waals surface area contributed by atoms with Crippen molar-refractivity contribution in [2.75, 3.05) is 6.54 Å². The number of benzene rings is 3. The fourth-order valence-corrected chi connectivity index (χ4v) is 4.37. The largest absolute Gasteiger partial charge is 0.326 e. The lowest BCUT2D eigenvalue weighted by atomic mass is 9.95. The fourth-order valence-electron chi connectivity index (χ4n) is 4.37. The van der Waals surface area contributed by atoms with E-state index >= 15 is 0 Å². The Balaban J connectivity index is 1.79. The average Bonchev–Trinajstić information content (AvgIpc) is 3.31. The third-order valence-electron chi connectivity index (χ3n) is 5.62. The predicted molar refractivity (Wildman–Crippen MR) is 122 cm³/mol. The summed E-state index contributed by atoms with van der Waals surface area (Å²) in [5.74, 6) is -0.0759. The second-order valence-electron chi connectivity index (χ2n) is 7.97. The summed E-state index contributed by atoms with van der Waals surface area (Å²) in [6.07, 6.45) is 0. The van der Waals surface area contributed by atoms with E-state index in [1.807, 2.05) is 83.2 Å². The van der Waals surface area contributed by atoms with Crippen molar-refractivity contribution in [3.8, 4) is 16.9 Å². The zero-order valence-corrected chi connectivity index (χ0v) is 17.3. The van der Waals surface area contributed by atoms with Crippen LogP contribution in [-0.4, -0.2) is 33.2 Å². The van der Waals surface area contributed by atoms with Gasteiger partial charge in [-0.2, -0.15) is 5.10 Å². The van der Waals surface area contributed by atoms with Gasteiger partial charge in [0.05, 0.1) is 17.4 Å². The van der Waals surface area contributed by atoms with Gasteiger partial charge < -0.3 is 10.6 Å². The fraction of sp³-hybridized carbons (Fsp3) is 0.154. The summed E-state index contributed by atoms with van der Waals surface area (Å²) >= 11 is 0. The Morgan fingerprint density at radius 2 is 1.48 bits per heavy atom. The quantitative estimate of drug-likeness (QED) is 0.531. The molecule has 5 nitrogen and oxygen atoms in total. The first-order valence-corrected chi connectivity index (χ1v) is 10.5. The highest BCUT2D eigenvalue weighted by molar-refractivity contribution is 6.00. The van der Waals surface area contributed by atoms with Crippen molar-refractivity contribution in [2.24, 2.45) is 5.73 Å². The highest BCUT2D eigenvalue weighted by Gasteiger charge is 2.43. The van der Waals surface area contributed by atoms with Crippen LogP contribution in [0.4, 0.5) is 0 Å². The molecule has 0 saturated carbocycles.